The minimum Gasteiger partial charge on any atom is -0.382 e. The molecule has 6 heteroatoms. The summed E-state index contributed by atoms with van der Waals surface area (Å²) in [6.45, 7) is 2.71. The SMILES string of the molecule is CCn1cc2c(n1)C(N)=N[C@H](c1cc(F)cc(F)c1)C2. The first kappa shape index (κ1) is 12.8. The number of amidine groups is 1. The highest BCUT2D eigenvalue weighted by Gasteiger charge is 2.24. The van der Waals surface area contributed by atoms with Crippen molar-refractivity contribution in [1.82, 2.24) is 9.78 Å². The van der Waals surface area contributed by atoms with Gasteiger partial charge in [0, 0.05) is 30.8 Å². The molecule has 0 unspecified atom stereocenters. The van der Waals surface area contributed by atoms with Gasteiger partial charge in [-0.25, -0.2) is 8.78 Å². The Morgan fingerprint density at radius 2 is 2.00 bits per heavy atom. The van der Waals surface area contributed by atoms with E-state index in [2.05, 4.69) is 10.1 Å². The zero-order chi connectivity index (χ0) is 14.3. The third-order valence-electron chi connectivity index (χ3n) is 3.38. The van der Waals surface area contributed by atoms with E-state index >= 15 is 0 Å². The Labute approximate surface area is 114 Å². The van der Waals surface area contributed by atoms with Crippen molar-refractivity contribution in [2.24, 2.45) is 10.7 Å². The fraction of sp³-hybridized carbons (Fsp3) is 0.286. The van der Waals surface area contributed by atoms with E-state index in [0.29, 0.717) is 23.5 Å². The van der Waals surface area contributed by atoms with E-state index in [-0.39, 0.29) is 6.04 Å². The van der Waals surface area contributed by atoms with Crippen LogP contribution in [0, 0.1) is 11.6 Å². The second-order valence-electron chi connectivity index (χ2n) is 4.80. The molecule has 1 aromatic heterocycles. The minimum absolute atomic E-state index is 0.313. The van der Waals surface area contributed by atoms with E-state index in [1.54, 1.807) is 4.68 Å². The van der Waals surface area contributed by atoms with Crippen molar-refractivity contribution in [2.75, 3.05) is 0 Å². The van der Waals surface area contributed by atoms with Crippen LogP contribution in [0.5, 0.6) is 0 Å². The Hall–Kier alpha value is -2.24. The summed E-state index contributed by atoms with van der Waals surface area (Å²) in [6.07, 6.45) is 2.44. The molecule has 104 valence electrons. The van der Waals surface area contributed by atoms with Crippen LogP contribution in [0.3, 0.4) is 0 Å². The molecule has 0 bridgehead atoms. The number of benzene rings is 1. The highest BCUT2D eigenvalue weighted by atomic mass is 19.1. The Balaban J connectivity index is 1.99. The van der Waals surface area contributed by atoms with Crippen LogP contribution in [0.2, 0.25) is 0 Å². The van der Waals surface area contributed by atoms with Crippen molar-refractivity contribution in [3.05, 3.63) is 52.9 Å². The van der Waals surface area contributed by atoms with Gasteiger partial charge in [0.1, 0.15) is 23.2 Å². The van der Waals surface area contributed by atoms with Gasteiger partial charge in [-0.1, -0.05) is 0 Å². The van der Waals surface area contributed by atoms with E-state index in [0.717, 1.165) is 18.2 Å². The van der Waals surface area contributed by atoms with Gasteiger partial charge in [-0.05, 0) is 24.6 Å². The second-order valence-corrected chi connectivity index (χ2v) is 4.80. The van der Waals surface area contributed by atoms with Crippen molar-refractivity contribution in [2.45, 2.75) is 25.9 Å². The Morgan fingerprint density at radius 1 is 1.30 bits per heavy atom. The number of nitrogens with zero attached hydrogens (tertiary/aromatic N) is 3. The lowest BCUT2D eigenvalue weighted by Gasteiger charge is -2.18. The van der Waals surface area contributed by atoms with E-state index in [9.17, 15) is 8.78 Å². The third-order valence-corrected chi connectivity index (χ3v) is 3.38. The van der Waals surface area contributed by atoms with Crippen LogP contribution in [-0.4, -0.2) is 15.6 Å². The maximum Gasteiger partial charge on any atom is 0.147 e. The van der Waals surface area contributed by atoms with Crippen LogP contribution >= 0.6 is 0 Å². The number of hydrogen-bond donors (Lipinski definition) is 1. The molecule has 0 saturated heterocycles. The number of rotatable bonds is 2. The summed E-state index contributed by atoms with van der Waals surface area (Å²) in [5, 5.41) is 4.33. The summed E-state index contributed by atoms with van der Waals surface area (Å²) < 4.78 is 28.4. The molecule has 4 nitrogen and oxygen atoms in total. The number of nitrogens with two attached hydrogens (primary N) is 1. The zero-order valence-corrected chi connectivity index (χ0v) is 11.0. The molecule has 0 fully saturated rings. The summed E-state index contributed by atoms with van der Waals surface area (Å²) in [7, 11) is 0. The predicted octanol–water partition coefficient (Wildman–Crippen LogP) is 2.18. The van der Waals surface area contributed by atoms with Crippen molar-refractivity contribution in [1.29, 1.82) is 0 Å². The highest BCUT2D eigenvalue weighted by Crippen LogP contribution is 2.29. The second kappa shape index (κ2) is 4.70. The summed E-state index contributed by atoms with van der Waals surface area (Å²) in [4.78, 5) is 4.31. The normalized spacial score (nSPS) is 17.8. The summed E-state index contributed by atoms with van der Waals surface area (Å²) in [5.74, 6) is -0.902. The molecule has 1 aliphatic rings. The average Bonchev–Trinajstić information content (AvgIpc) is 2.81. The molecule has 1 aromatic carbocycles. The zero-order valence-electron chi connectivity index (χ0n) is 11.0. The number of aryl methyl sites for hydroxylation is 1. The van der Waals surface area contributed by atoms with Gasteiger partial charge in [-0.15, -0.1) is 0 Å². The highest BCUT2D eigenvalue weighted by molar-refractivity contribution is 5.97. The fourth-order valence-electron chi connectivity index (χ4n) is 2.43. The Bertz CT molecular complexity index is 670. The third kappa shape index (κ3) is 2.17. The molecular formula is C14H14F2N4. The van der Waals surface area contributed by atoms with Gasteiger partial charge in [0.2, 0.25) is 0 Å². The first-order valence-electron chi connectivity index (χ1n) is 6.42. The largest absolute Gasteiger partial charge is 0.382 e. The molecule has 2 aromatic rings. The number of fused-ring (bicyclic) bond motifs is 1. The summed E-state index contributed by atoms with van der Waals surface area (Å²) in [6, 6.07) is 3.06. The molecule has 1 aliphatic heterocycles. The molecule has 20 heavy (non-hydrogen) atoms. The molecule has 0 aliphatic carbocycles. The van der Waals surface area contributed by atoms with Crippen molar-refractivity contribution >= 4 is 5.84 Å². The van der Waals surface area contributed by atoms with Crippen LogP contribution in [0.4, 0.5) is 8.78 Å². The molecule has 2 N–H and O–H groups in total. The van der Waals surface area contributed by atoms with Gasteiger partial charge in [0.15, 0.2) is 0 Å². The lowest BCUT2D eigenvalue weighted by atomic mass is 9.96. The van der Waals surface area contributed by atoms with Gasteiger partial charge in [0.05, 0.1) is 6.04 Å². The van der Waals surface area contributed by atoms with Crippen molar-refractivity contribution < 1.29 is 8.78 Å². The average molecular weight is 276 g/mol. The van der Waals surface area contributed by atoms with E-state index in [1.165, 1.54) is 12.1 Å². The van der Waals surface area contributed by atoms with Crippen LogP contribution in [-0.2, 0) is 13.0 Å². The molecular weight excluding hydrogens is 262 g/mol. The molecule has 1 atom stereocenters. The fourth-order valence-corrected chi connectivity index (χ4v) is 2.43. The Morgan fingerprint density at radius 3 is 2.65 bits per heavy atom. The molecule has 3 rings (SSSR count). The lowest BCUT2D eigenvalue weighted by Crippen LogP contribution is -2.23. The van der Waals surface area contributed by atoms with Gasteiger partial charge < -0.3 is 5.73 Å². The summed E-state index contributed by atoms with van der Waals surface area (Å²) in [5.41, 5.74) is 8.01. The summed E-state index contributed by atoms with van der Waals surface area (Å²) >= 11 is 0. The molecule has 0 radical (unpaired) electrons. The van der Waals surface area contributed by atoms with Gasteiger partial charge in [-0.2, -0.15) is 5.10 Å². The van der Waals surface area contributed by atoms with E-state index < -0.39 is 11.6 Å². The maximum absolute atomic E-state index is 13.3. The van der Waals surface area contributed by atoms with Gasteiger partial charge >= 0.3 is 0 Å². The molecule has 0 amide bonds. The Kier molecular flexibility index (Phi) is 3.00. The monoisotopic (exact) mass is 276 g/mol. The smallest absolute Gasteiger partial charge is 0.147 e. The van der Waals surface area contributed by atoms with Gasteiger partial charge in [-0.3, -0.25) is 9.67 Å². The molecule has 0 spiro atoms. The first-order chi connectivity index (χ1) is 9.56. The standard InChI is InChI=1S/C14H14F2N4/c1-2-20-7-9-5-12(18-14(17)13(9)19-20)8-3-10(15)6-11(16)4-8/h3-4,6-7,12H,2,5H2,1H3,(H2,17,18)/t12-/m0/s1. The van der Waals surface area contributed by atoms with Gasteiger partial charge in [0.25, 0.3) is 0 Å². The number of halogens is 2. The van der Waals surface area contributed by atoms with Crippen LogP contribution in [0.1, 0.15) is 29.8 Å². The molecule has 2 heterocycles. The van der Waals surface area contributed by atoms with Crippen molar-refractivity contribution in [3.8, 4) is 0 Å². The minimum atomic E-state index is -0.608. The predicted molar refractivity (Wildman–Crippen MR) is 71.4 cm³/mol. The van der Waals surface area contributed by atoms with Crippen LogP contribution < -0.4 is 5.73 Å². The van der Waals surface area contributed by atoms with Crippen LogP contribution in [0.25, 0.3) is 0 Å². The quantitative estimate of drug-likeness (QED) is 0.914. The first-order valence-corrected chi connectivity index (χ1v) is 6.42. The number of hydrogen-bond acceptors (Lipinski definition) is 3. The van der Waals surface area contributed by atoms with E-state index in [1.807, 2.05) is 13.1 Å². The van der Waals surface area contributed by atoms with Crippen molar-refractivity contribution in [3.63, 3.8) is 0 Å². The maximum atomic E-state index is 13.3. The molecule has 0 saturated carbocycles. The topological polar surface area (TPSA) is 56.2 Å². The van der Waals surface area contributed by atoms with E-state index in [4.69, 9.17) is 5.73 Å². The number of aliphatic imine (C=N–C) groups is 1. The number of aromatic nitrogens is 2. The van der Waals surface area contributed by atoms with Crippen LogP contribution in [0.15, 0.2) is 29.4 Å². The lowest BCUT2D eigenvalue weighted by molar-refractivity contribution is 0.572.